The van der Waals surface area contributed by atoms with Gasteiger partial charge < -0.3 is 9.88 Å². The molecule has 1 fully saturated rings. The lowest BCUT2D eigenvalue weighted by Gasteiger charge is -2.20. The summed E-state index contributed by atoms with van der Waals surface area (Å²) in [5.74, 6) is 0.475. The summed E-state index contributed by atoms with van der Waals surface area (Å²) in [6.45, 7) is 0.760. The Balaban J connectivity index is 1.14. The second-order valence-electron chi connectivity index (χ2n) is 10.3. The van der Waals surface area contributed by atoms with E-state index in [9.17, 15) is 4.79 Å². The highest BCUT2D eigenvalue weighted by Crippen LogP contribution is 2.60. The zero-order chi connectivity index (χ0) is 25.5. The van der Waals surface area contributed by atoms with Gasteiger partial charge in [0.05, 0.1) is 11.7 Å². The highest BCUT2D eigenvalue weighted by molar-refractivity contribution is 6.31. The number of aromatic nitrogens is 5. The minimum absolute atomic E-state index is 0.0803. The number of nitrogens with zero attached hydrogens (tertiary/aromatic N) is 6. The zero-order valence-corrected chi connectivity index (χ0v) is 20.9. The van der Waals surface area contributed by atoms with Gasteiger partial charge in [0.15, 0.2) is 0 Å². The lowest BCUT2D eigenvalue weighted by Crippen LogP contribution is -2.29. The van der Waals surface area contributed by atoms with E-state index >= 15 is 4.39 Å². The van der Waals surface area contributed by atoms with Crippen molar-refractivity contribution in [3.05, 3.63) is 93.0 Å². The number of nitrogens with one attached hydrogen (secondary N) is 1. The topological polar surface area (TPSA) is 90.0 Å². The van der Waals surface area contributed by atoms with Crippen LogP contribution in [0.3, 0.4) is 0 Å². The number of pyridine rings is 1. The molecule has 8 rings (SSSR count). The fourth-order valence-corrected chi connectivity index (χ4v) is 6.61. The molecule has 0 amide bonds. The molecule has 1 saturated carbocycles. The monoisotopic (exact) mass is 525 g/mol. The van der Waals surface area contributed by atoms with Gasteiger partial charge in [-0.2, -0.15) is 4.68 Å². The number of fused-ring (bicyclic) bond motifs is 4. The molecule has 1 N–H and O–H groups in total. The molecule has 3 aliphatic heterocycles. The summed E-state index contributed by atoms with van der Waals surface area (Å²) < 4.78 is 18.7. The minimum atomic E-state index is -0.159. The van der Waals surface area contributed by atoms with Gasteiger partial charge >= 0.3 is 0 Å². The lowest BCUT2D eigenvalue weighted by molar-refractivity contribution is 0.583. The highest BCUT2D eigenvalue weighted by atomic mass is 35.5. The van der Waals surface area contributed by atoms with Crippen LogP contribution in [0.1, 0.15) is 41.6 Å². The third-order valence-corrected chi connectivity index (χ3v) is 8.48. The van der Waals surface area contributed by atoms with E-state index in [1.54, 1.807) is 23.0 Å². The number of benzene rings is 2. The molecular weight excluding hydrogens is 505 g/mol. The molecule has 4 aromatic rings. The highest BCUT2D eigenvalue weighted by Gasteiger charge is 2.54. The van der Waals surface area contributed by atoms with Crippen molar-refractivity contribution in [1.82, 2.24) is 24.8 Å². The second-order valence-corrected chi connectivity index (χ2v) is 10.8. The summed E-state index contributed by atoms with van der Waals surface area (Å²) in [7, 11) is 0. The van der Waals surface area contributed by atoms with E-state index in [0.717, 1.165) is 58.0 Å². The van der Waals surface area contributed by atoms with Crippen LogP contribution in [-0.2, 0) is 6.42 Å². The van der Waals surface area contributed by atoms with Crippen molar-refractivity contribution in [3.8, 4) is 16.8 Å². The van der Waals surface area contributed by atoms with Crippen LogP contribution < -0.4 is 10.9 Å². The number of tetrazole rings is 1. The van der Waals surface area contributed by atoms with Crippen molar-refractivity contribution < 1.29 is 4.39 Å². The summed E-state index contributed by atoms with van der Waals surface area (Å²) >= 11 is 6.34. The number of rotatable bonds is 4. The summed E-state index contributed by atoms with van der Waals surface area (Å²) in [5, 5.41) is 15.3. The fraction of sp³-hybridized carbons (Fsp3) is 0.250. The van der Waals surface area contributed by atoms with Crippen LogP contribution in [0.25, 0.3) is 22.4 Å². The average Bonchev–Trinajstić information content (AvgIpc) is 3.42. The van der Waals surface area contributed by atoms with Crippen molar-refractivity contribution in [3.63, 3.8) is 0 Å². The Morgan fingerprint density at radius 2 is 2.03 bits per heavy atom. The summed E-state index contributed by atoms with van der Waals surface area (Å²) in [5.41, 5.74) is 7.26. The van der Waals surface area contributed by atoms with Gasteiger partial charge in [-0.15, -0.1) is 5.10 Å². The van der Waals surface area contributed by atoms with Crippen LogP contribution in [0, 0.1) is 11.7 Å². The molecule has 0 radical (unpaired) electrons. The molecule has 2 aromatic carbocycles. The van der Waals surface area contributed by atoms with Gasteiger partial charge in [-0.1, -0.05) is 11.6 Å². The number of allylic oxidation sites excluding steroid dienone is 1. The molecule has 5 heterocycles. The Kier molecular flexibility index (Phi) is 4.58. The van der Waals surface area contributed by atoms with Gasteiger partial charge in [-0.25, -0.2) is 4.39 Å². The van der Waals surface area contributed by atoms with Crippen LogP contribution >= 0.6 is 11.6 Å². The third-order valence-electron chi connectivity index (χ3n) is 8.25. The quantitative estimate of drug-likeness (QED) is 0.413. The molecule has 2 aromatic heterocycles. The molecule has 0 bridgehead atoms. The van der Waals surface area contributed by atoms with Gasteiger partial charge in [0.1, 0.15) is 12.1 Å². The maximum Gasteiger partial charge on any atom is 0.251 e. The van der Waals surface area contributed by atoms with Gasteiger partial charge in [0.25, 0.3) is 5.56 Å². The normalized spacial score (nSPS) is 22.4. The Bertz CT molecular complexity index is 1770. The summed E-state index contributed by atoms with van der Waals surface area (Å²) in [6, 6.07) is 12.9. The Morgan fingerprint density at radius 1 is 1.11 bits per heavy atom. The maximum atomic E-state index is 15.3. The first-order valence-electron chi connectivity index (χ1n) is 12.7. The maximum absolute atomic E-state index is 15.3. The first kappa shape index (κ1) is 21.9. The van der Waals surface area contributed by atoms with Gasteiger partial charge in [0, 0.05) is 70.0 Å². The molecular formula is C28H21ClFN7O. The SMILES string of the molecule is O=c1cc(-c2cc(Cl)ccc2-n2cnnn2)cc2n1C(C1=NC=C(c3ccc4c(c3F)CCN4)C1)C1CC21. The first-order chi connectivity index (χ1) is 18.6. The predicted molar refractivity (Wildman–Crippen MR) is 142 cm³/mol. The molecule has 3 unspecified atom stereocenters. The minimum Gasteiger partial charge on any atom is -0.384 e. The van der Waals surface area contributed by atoms with E-state index in [1.165, 1.54) is 6.33 Å². The number of anilines is 1. The molecule has 3 atom stereocenters. The predicted octanol–water partition coefficient (Wildman–Crippen LogP) is 4.80. The van der Waals surface area contributed by atoms with Crippen molar-refractivity contribution in [2.75, 3.05) is 11.9 Å². The Morgan fingerprint density at radius 3 is 2.89 bits per heavy atom. The molecule has 0 saturated heterocycles. The van der Waals surface area contributed by atoms with Crippen molar-refractivity contribution >= 4 is 28.6 Å². The van der Waals surface area contributed by atoms with E-state index in [4.69, 9.17) is 16.6 Å². The van der Waals surface area contributed by atoms with Crippen molar-refractivity contribution in [1.29, 1.82) is 0 Å². The van der Waals surface area contributed by atoms with E-state index < -0.39 is 0 Å². The molecule has 4 aliphatic rings. The molecule has 10 heteroatoms. The average molecular weight is 526 g/mol. The van der Waals surface area contributed by atoms with Gasteiger partial charge in [0.2, 0.25) is 0 Å². The number of hydrogen-bond donors (Lipinski definition) is 1. The van der Waals surface area contributed by atoms with Crippen LogP contribution in [-0.4, -0.2) is 37.0 Å². The van der Waals surface area contributed by atoms with Gasteiger partial charge in [-0.05, 0) is 76.7 Å². The van der Waals surface area contributed by atoms with E-state index in [2.05, 4.69) is 26.9 Å². The molecule has 38 heavy (non-hydrogen) atoms. The smallest absolute Gasteiger partial charge is 0.251 e. The zero-order valence-electron chi connectivity index (χ0n) is 20.1. The Hall–Kier alpha value is -4.11. The largest absolute Gasteiger partial charge is 0.384 e. The molecule has 1 aliphatic carbocycles. The second kappa shape index (κ2) is 7.94. The molecule has 188 valence electrons. The van der Waals surface area contributed by atoms with Crippen LogP contribution in [0.2, 0.25) is 5.02 Å². The molecule has 8 nitrogen and oxygen atoms in total. The van der Waals surface area contributed by atoms with Crippen LogP contribution in [0.4, 0.5) is 10.1 Å². The summed E-state index contributed by atoms with van der Waals surface area (Å²) in [4.78, 5) is 18.3. The fourth-order valence-electron chi connectivity index (χ4n) is 6.44. The van der Waals surface area contributed by atoms with E-state index in [1.807, 2.05) is 28.8 Å². The van der Waals surface area contributed by atoms with Crippen LogP contribution in [0.5, 0.6) is 0 Å². The van der Waals surface area contributed by atoms with E-state index in [0.29, 0.717) is 35.3 Å². The standard InChI is InChI=1S/C28H21ClFN7O/c29-16-1-4-24(36-13-33-34-35-36)19(10-16)14-8-25-20-11-21(20)28(37(25)26(38)9-14)23-7-15(12-32-23)17-2-3-22-18(27(17)30)5-6-31-22/h1-4,8-10,12-13,20-21,28,31H,5-7,11H2. The third kappa shape index (κ3) is 3.18. The van der Waals surface area contributed by atoms with Gasteiger partial charge in [-0.3, -0.25) is 9.79 Å². The summed E-state index contributed by atoms with van der Waals surface area (Å²) in [6.07, 6.45) is 5.54. The number of aliphatic imine (C=N–C) groups is 1. The lowest BCUT2D eigenvalue weighted by atomic mass is 9.95. The van der Waals surface area contributed by atoms with Crippen molar-refractivity contribution in [2.45, 2.75) is 31.2 Å². The van der Waals surface area contributed by atoms with E-state index in [-0.39, 0.29) is 17.4 Å². The van der Waals surface area contributed by atoms with Crippen molar-refractivity contribution in [2.24, 2.45) is 10.9 Å². The first-order valence-corrected chi connectivity index (χ1v) is 13.1. The number of hydrogen-bond acceptors (Lipinski definition) is 6. The molecule has 0 spiro atoms. The Labute approximate surface area is 221 Å². The number of halogens is 2. The van der Waals surface area contributed by atoms with Crippen LogP contribution in [0.15, 0.2) is 64.8 Å².